The number of carbonyl (C=O) groups excluding carboxylic acids is 2. The van der Waals surface area contributed by atoms with Crippen LogP contribution in [0.5, 0.6) is 0 Å². The summed E-state index contributed by atoms with van der Waals surface area (Å²) in [6.07, 6.45) is 1.89. The zero-order valence-electron chi connectivity index (χ0n) is 21.4. The molecule has 1 aromatic rings. The molecule has 1 saturated carbocycles. The number of ether oxygens (including phenoxy) is 1. The predicted octanol–water partition coefficient (Wildman–Crippen LogP) is 3.06. The maximum absolute atomic E-state index is 13.6. The molecule has 0 saturated heterocycles. The molecule has 192 valence electrons. The van der Waals surface area contributed by atoms with Gasteiger partial charge in [0.15, 0.2) is 6.10 Å². The fraction of sp³-hybridized carbons (Fsp3) is 0.667. The van der Waals surface area contributed by atoms with Crippen LogP contribution in [0.25, 0.3) is 0 Å². The molecule has 0 spiro atoms. The van der Waals surface area contributed by atoms with Crippen molar-refractivity contribution >= 4 is 11.8 Å². The summed E-state index contributed by atoms with van der Waals surface area (Å²) in [6.45, 7) is 10.9. The van der Waals surface area contributed by atoms with Crippen molar-refractivity contribution in [2.24, 2.45) is 29.1 Å². The first-order valence-electron chi connectivity index (χ1n) is 12.4. The quantitative estimate of drug-likeness (QED) is 0.438. The van der Waals surface area contributed by atoms with Crippen molar-refractivity contribution in [2.75, 3.05) is 6.61 Å². The lowest BCUT2D eigenvalue weighted by Gasteiger charge is -2.39. The third-order valence-corrected chi connectivity index (χ3v) is 8.58. The van der Waals surface area contributed by atoms with Gasteiger partial charge in [-0.05, 0) is 67.9 Å². The van der Waals surface area contributed by atoms with E-state index in [0.717, 1.165) is 6.42 Å². The predicted molar refractivity (Wildman–Crippen MR) is 127 cm³/mol. The second-order valence-electron chi connectivity index (χ2n) is 11.4. The summed E-state index contributed by atoms with van der Waals surface area (Å²) in [5.74, 6) is -0.544. The molecule has 1 fully saturated rings. The topological polar surface area (TPSA) is 130 Å². The van der Waals surface area contributed by atoms with Crippen molar-refractivity contribution in [3.05, 3.63) is 40.3 Å². The number of aryl methyl sites for hydroxylation is 2. The van der Waals surface area contributed by atoms with Crippen LogP contribution in [0, 0.1) is 42.9 Å². The van der Waals surface area contributed by atoms with Gasteiger partial charge in [-0.3, -0.25) is 4.79 Å². The lowest BCUT2D eigenvalue weighted by atomic mass is 9.79. The molecule has 0 aromatic carbocycles. The summed E-state index contributed by atoms with van der Waals surface area (Å²) in [6, 6.07) is 0. The van der Waals surface area contributed by atoms with E-state index in [4.69, 9.17) is 9.26 Å². The third kappa shape index (κ3) is 4.30. The Labute approximate surface area is 206 Å². The van der Waals surface area contributed by atoms with Crippen molar-refractivity contribution in [1.29, 1.82) is 0 Å². The molecule has 3 N–H and O–H groups in total. The molecule has 7 atom stereocenters. The van der Waals surface area contributed by atoms with E-state index >= 15 is 0 Å². The van der Waals surface area contributed by atoms with Crippen LogP contribution in [0.4, 0.5) is 0 Å². The normalized spacial score (nSPS) is 38.3. The number of carbonyl (C=O) groups is 2. The SMILES string of the molecule is C/C1=C/C[C@H](C)C[C@@H]2[C@H]([C@@H]3C=C(CO)[C@@H](O)[C@@](O)(CC3=O)[C@H]1OC(=O)c1c(C)noc1C)C2(C)C. The minimum absolute atomic E-state index is 0.0568. The summed E-state index contributed by atoms with van der Waals surface area (Å²) in [7, 11) is 0. The molecule has 1 aromatic heterocycles. The van der Waals surface area contributed by atoms with Crippen LogP contribution < -0.4 is 0 Å². The number of esters is 1. The molecule has 2 bridgehead atoms. The molecule has 35 heavy (non-hydrogen) atoms. The highest BCUT2D eigenvalue weighted by atomic mass is 16.6. The molecule has 8 nitrogen and oxygen atoms in total. The van der Waals surface area contributed by atoms with Gasteiger partial charge in [-0.1, -0.05) is 38.1 Å². The molecule has 8 heteroatoms. The van der Waals surface area contributed by atoms with Gasteiger partial charge < -0.3 is 24.6 Å². The zero-order chi connectivity index (χ0) is 25.9. The first kappa shape index (κ1) is 25.8. The Bertz CT molecular complexity index is 1060. The standard InChI is InChI=1S/C27H37NO7/c1-13-7-8-14(2)24(34-25(32)21-15(3)28-35-16(21)4)27(33)11-20(30)18(10-17(12-29)23(27)31)22-19(9-13)26(22,5)6/h8,10,13,18-19,22-24,29,31,33H,7,9,11-12H2,1-6H3/b14-8-/t13-,18+,19+,22-,23+,24-,27-/m0/s1. The summed E-state index contributed by atoms with van der Waals surface area (Å²) in [5, 5.41) is 37.2. The summed E-state index contributed by atoms with van der Waals surface area (Å²) in [5.41, 5.74) is -1.02. The lowest BCUT2D eigenvalue weighted by Crippen LogP contribution is -2.56. The summed E-state index contributed by atoms with van der Waals surface area (Å²) in [4.78, 5) is 26.8. The lowest BCUT2D eigenvalue weighted by molar-refractivity contribution is -0.148. The number of ketones is 1. The van der Waals surface area contributed by atoms with E-state index in [9.17, 15) is 24.9 Å². The number of aromatic nitrogens is 1. The summed E-state index contributed by atoms with van der Waals surface area (Å²) < 4.78 is 10.9. The van der Waals surface area contributed by atoms with Gasteiger partial charge in [-0.15, -0.1) is 0 Å². The minimum Gasteiger partial charge on any atom is -0.451 e. The van der Waals surface area contributed by atoms with Gasteiger partial charge in [0.1, 0.15) is 28.8 Å². The number of fused-ring (bicyclic) bond motifs is 5. The molecule has 1 heterocycles. The van der Waals surface area contributed by atoms with Crippen molar-refractivity contribution in [3.63, 3.8) is 0 Å². The molecular weight excluding hydrogens is 450 g/mol. The monoisotopic (exact) mass is 487 g/mol. The van der Waals surface area contributed by atoms with Crippen LogP contribution in [0.3, 0.4) is 0 Å². The van der Waals surface area contributed by atoms with E-state index in [0.29, 0.717) is 29.5 Å². The largest absolute Gasteiger partial charge is 0.451 e. The van der Waals surface area contributed by atoms with Crippen LogP contribution in [0.1, 0.15) is 68.8 Å². The van der Waals surface area contributed by atoms with E-state index in [-0.39, 0.29) is 34.0 Å². The Morgan fingerprint density at radius 3 is 2.57 bits per heavy atom. The van der Waals surface area contributed by atoms with Gasteiger partial charge in [0.2, 0.25) is 0 Å². The molecule has 0 aliphatic heterocycles. The number of hydrogen-bond acceptors (Lipinski definition) is 8. The molecule has 0 radical (unpaired) electrons. The third-order valence-electron chi connectivity index (χ3n) is 8.58. The molecule has 3 aliphatic carbocycles. The van der Waals surface area contributed by atoms with Crippen molar-refractivity contribution in [3.8, 4) is 0 Å². The average Bonchev–Trinajstić information content (AvgIpc) is 3.16. The zero-order valence-corrected chi connectivity index (χ0v) is 21.4. The van der Waals surface area contributed by atoms with Gasteiger partial charge in [0, 0.05) is 12.3 Å². The van der Waals surface area contributed by atoms with Gasteiger partial charge >= 0.3 is 5.97 Å². The number of aliphatic hydroxyl groups is 3. The molecule has 3 aliphatic rings. The number of hydrogen-bond donors (Lipinski definition) is 3. The number of rotatable bonds is 3. The second kappa shape index (κ2) is 8.98. The average molecular weight is 488 g/mol. The van der Waals surface area contributed by atoms with Gasteiger partial charge in [0.05, 0.1) is 12.3 Å². The van der Waals surface area contributed by atoms with E-state index < -0.39 is 42.7 Å². The molecule has 4 rings (SSSR count). The van der Waals surface area contributed by atoms with Crippen molar-refractivity contribution in [1.82, 2.24) is 5.16 Å². The Hall–Kier alpha value is -2.29. The number of nitrogens with zero attached hydrogens (tertiary/aromatic N) is 1. The van der Waals surface area contributed by atoms with Crippen LogP contribution in [0.15, 0.2) is 27.8 Å². The van der Waals surface area contributed by atoms with Crippen molar-refractivity contribution in [2.45, 2.75) is 78.6 Å². The molecular formula is C27H37NO7. The van der Waals surface area contributed by atoms with Crippen LogP contribution in [0.2, 0.25) is 0 Å². The molecule has 0 amide bonds. The van der Waals surface area contributed by atoms with Crippen LogP contribution in [-0.4, -0.2) is 56.6 Å². The van der Waals surface area contributed by atoms with Gasteiger partial charge in [-0.25, -0.2) is 4.79 Å². The minimum atomic E-state index is -2.15. The van der Waals surface area contributed by atoms with Gasteiger partial charge in [-0.2, -0.15) is 0 Å². The maximum atomic E-state index is 13.6. The van der Waals surface area contributed by atoms with Crippen molar-refractivity contribution < 1.29 is 34.2 Å². The van der Waals surface area contributed by atoms with E-state index in [1.54, 1.807) is 26.8 Å². The van der Waals surface area contributed by atoms with Crippen LogP contribution in [-0.2, 0) is 9.53 Å². The fourth-order valence-corrected chi connectivity index (χ4v) is 6.41. The van der Waals surface area contributed by atoms with E-state index in [1.807, 2.05) is 6.08 Å². The second-order valence-corrected chi connectivity index (χ2v) is 11.4. The smallest absolute Gasteiger partial charge is 0.344 e. The van der Waals surface area contributed by atoms with E-state index in [1.165, 1.54) is 0 Å². The number of Topliss-reactive ketones (excluding diaryl/α,β-unsaturated/α-hetero) is 1. The maximum Gasteiger partial charge on any atom is 0.344 e. The van der Waals surface area contributed by atoms with E-state index in [2.05, 4.69) is 25.9 Å². The van der Waals surface area contributed by atoms with Gasteiger partial charge in [0.25, 0.3) is 0 Å². The Kier molecular flexibility index (Phi) is 6.62. The highest BCUT2D eigenvalue weighted by molar-refractivity contribution is 5.92. The Morgan fingerprint density at radius 1 is 1.29 bits per heavy atom. The first-order valence-corrected chi connectivity index (χ1v) is 12.4. The summed E-state index contributed by atoms with van der Waals surface area (Å²) >= 11 is 0. The highest BCUT2D eigenvalue weighted by Crippen LogP contribution is 2.65. The number of allylic oxidation sites excluding steroid dienone is 2. The van der Waals surface area contributed by atoms with Crippen LogP contribution >= 0.6 is 0 Å². The Balaban J connectivity index is 1.82. The first-order chi connectivity index (χ1) is 16.3. The fourth-order valence-electron chi connectivity index (χ4n) is 6.41. The molecule has 0 unspecified atom stereocenters. The highest BCUT2D eigenvalue weighted by Gasteiger charge is 2.63. The number of aliphatic hydroxyl groups excluding tert-OH is 2. The Morgan fingerprint density at radius 2 is 1.97 bits per heavy atom.